The van der Waals surface area contributed by atoms with E-state index in [4.69, 9.17) is 9.47 Å². The first-order valence-corrected chi connectivity index (χ1v) is 9.58. The Kier molecular flexibility index (Phi) is 3.04. The van der Waals surface area contributed by atoms with Gasteiger partial charge in [-0.25, -0.2) is 4.90 Å². The van der Waals surface area contributed by atoms with Gasteiger partial charge in [-0.3, -0.25) is 9.59 Å². The quantitative estimate of drug-likeness (QED) is 0.641. The minimum absolute atomic E-state index is 0.327. The van der Waals surface area contributed by atoms with Crippen molar-refractivity contribution < 1.29 is 19.1 Å². The molecule has 0 N–H and O–H groups in total. The maximum absolute atomic E-state index is 13.7. The fourth-order valence-electron chi connectivity index (χ4n) is 5.06. The lowest BCUT2D eigenvalue weighted by molar-refractivity contribution is -0.360. The van der Waals surface area contributed by atoms with Crippen LogP contribution in [0.15, 0.2) is 78.9 Å². The molecule has 6 rings (SSSR count). The number of carbonyl (C=O) groups excluding carboxylic acids is 2. The molecule has 0 aliphatic carbocycles. The number of hydrogen-bond acceptors (Lipinski definition) is 4. The van der Waals surface area contributed by atoms with Gasteiger partial charge in [0.2, 0.25) is 11.7 Å². The second-order valence-corrected chi connectivity index (χ2v) is 7.62. The summed E-state index contributed by atoms with van der Waals surface area (Å²) in [4.78, 5) is 27.2. The first-order valence-electron chi connectivity index (χ1n) is 9.58. The standard InChI is InChI=1S/C24H17NO4/c1-15(26)25-19-13-7-6-12-18(19)23(22(25)27)21-17-11-5-8-14-20(17)28-24(21,29-23)16-9-3-2-4-10-16/h2-14,21H,1H3/t21-,23-,24+/m0/s1. The normalized spacial score (nSPS) is 28.4. The molecule has 29 heavy (non-hydrogen) atoms. The summed E-state index contributed by atoms with van der Waals surface area (Å²) in [5.74, 6) is -1.48. The van der Waals surface area contributed by atoms with Gasteiger partial charge in [0.25, 0.3) is 5.91 Å². The van der Waals surface area contributed by atoms with Crippen LogP contribution in [0.25, 0.3) is 0 Å². The first-order chi connectivity index (χ1) is 14.1. The minimum Gasteiger partial charge on any atom is -0.457 e. The van der Waals surface area contributed by atoms with E-state index in [1.165, 1.54) is 11.8 Å². The summed E-state index contributed by atoms with van der Waals surface area (Å²) in [6.45, 7) is 1.40. The molecule has 3 aliphatic heterocycles. The Bertz CT molecular complexity index is 1190. The molecule has 3 aliphatic rings. The lowest BCUT2D eigenvalue weighted by Crippen LogP contribution is -2.66. The highest BCUT2D eigenvalue weighted by atomic mass is 16.7. The fourth-order valence-corrected chi connectivity index (χ4v) is 5.06. The lowest BCUT2D eigenvalue weighted by atomic mass is 9.66. The Morgan fingerprint density at radius 2 is 1.62 bits per heavy atom. The van der Waals surface area contributed by atoms with E-state index in [1.807, 2.05) is 72.8 Å². The smallest absolute Gasteiger partial charge is 0.271 e. The number of para-hydroxylation sites is 2. The molecule has 0 saturated carbocycles. The molecule has 0 unspecified atom stereocenters. The van der Waals surface area contributed by atoms with E-state index in [0.717, 1.165) is 11.1 Å². The lowest BCUT2D eigenvalue weighted by Gasteiger charge is -2.55. The van der Waals surface area contributed by atoms with E-state index >= 15 is 0 Å². The van der Waals surface area contributed by atoms with Crippen molar-refractivity contribution in [2.75, 3.05) is 4.90 Å². The van der Waals surface area contributed by atoms with Crippen molar-refractivity contribution in [3.63, 3.8) is 0 Å². The monoisotopic (exact) mass is 383 g/mol. The maximum Gasteiger partial charge on any atom is 0.271 e. The summed E-state index contributed by atoms with van der Waals surface area (Å²) < 4.78 is 12.9. The van der Waals surface area contributed by atoms with Gasteiger partial charge in [0.1, 0.15) is 11.7 Å². The van der Waals surface area contributed by atoms with Crippen molar-refractivity contribution in [3.8, 4) is 5.75 Å². The maximum atomic E-state index is 13.7. The highest BCUT2D eigenvalue weighted by Gasteiger charge is 2.79. The zero-order chi connectivity index (χ0) is 19.8. The Balaban J connectivity index is 1.62. The van der Waals surface area contributed by atoms with Gasteiger partial charge in [0, 0.05) is 23.6 Å². The van der Waals surface area contributed by atoms with Crippen LogP contribution in [0.2, 0.25) is 0 Å². The average molecular weight is 383 g/mol. The fraction of sp³-hybridized carbons (Fsp3) is 0.167. The number of fused-ring (bicyclic) bond motifs is 6. The third-order valence-electron chi connectivity index (χ3n) is 6.15. The summed E-state index contributed by atoms with van der Waals surface area (Å²) in [5.41, 5.74) is 1.76. The average Bonchev–Trinajstić information content (AvgIpc) is 3.14. The first kappa shape index (κ1) is 16.5. The zero-order valence-electron chi connectivity index (χ0n) is 15.7. The van der Waals surface area contributed by atoms with E-state index in [2.05, 4.69) is 0 Å². The van der Waals surface area contributed by atoms with Gasteiger partial charge in [0.15, 0.2) is 5.60 Å². The van der Waals surface area contributed by atoms with Crippen molar-refractivity contribution in [1.29, 1.82) is 0 Å². The molecular weight excluding hydrogens is 366 g/mol. The van der Waals surface area contributed by atoms with Crippen LogP contribution < -0.4 is 9.64 Å². The van der Waals surface area contributed by atoms with Gasteiger partial charge < -0.3 is 9.47 Å². The number of ether oxygens (including phenoxy) is 2. The molecule has 0 aromatic heterocycles. The van der Waals surface area contributed by atoms with Crippen LogP contribution in [0, 0.1) is 0 Å². The molecule has 0 bridgehead atoms. The van der Waals surface area contributed by atoms with Crippen LogP contribution in [0.1, 0.15) is 29.5 Å². The van der Waals surface area contributed by atoms with Gasteiger partial charge in [-0.15, -0.1) is 0 Å². The molecule has 5 nitrogen and oxygen atoms in total. The number of benzene rings is 3. The summed E-state index contributed by atoms with van der Waals surface area (Å²) >= 11 is 0. The summed E-state index contributed by atoms with van der Waals surface area (Å²) in [7, 11) is 0. The van der Waals surface area contributed by atoms with Gasteiger partial charge in [-0.05, 0) is 12.1 Å². The van der Waals surface area contributed by atoms with Crippen LogP contribution in [0.3, 0.4) is 0 Å². The van der Waals surface area contributed by atoms with Crippen molar-refractivity contribution in [3.05, 3.63) is 95.6 Å². The highest BCUT2D eigenvalue weighted by Crippen LogP contribution is 2.71. The van der Waals surface area contributed by atoms with E-state index < -0.39 is 17.3 Å². The number of imide groups is 1. The van der Waals surface area contributed by atoms with Gasteiger partial charge in [-0.2, -0.15) is 0 Å². The third kappa shape index (κ3) is 1.79. The number of hydrogen-bond donors (Lipinski definition) is 0. The topological polar surface area (TPSA) is 55.8 Å². The van der Waals surface area contributed by atoms with Crippen LogP contribution >= 0.6 is 0 Å². The number of carbonyl (C=O) groups is 2. The molecule has 142 valence electrons. The second kappa shape index (κ2) is 5.33. The Morgan fingerprint density at radius 3 is 2.41 bits per heavy atom. The molecule has 1 spiro atoms. The molecule has 2 amide bonds. The van der Waals surface area contributed by atoms with Crippen molar-refractivity contribution >= 4 is 17.5 Å². The highest BCUT2D eigenvalue weighted by molar-refractivity contribution is 6.22. The number of anilines is 1. The summed E-state index contributed by atoms with van der Waals surface area (Å²) in [6, 6.07) is 24.7. The van der Waals surface area contributed by atoms with E-state index in [-0.39, 0.29) is 11.8 Å². The Hall–Kier alpha value is -3.44. The van der Waals surface area contributed by atoms with Crippen LogP contribution in [-0.2, 0) is 25.7 Å². The second-order valence-electron chi connectivity index (χ2n) is 7.62. The molecule has 3 aromatic rings. The molecule has 3 aromatic carbocycles. The summed E-state index contributed by atoms with van der Waals surface area (Å²) in [5, 5.41) is 0. The van der Waals surface area contributed by atoms with E-state index in [1.54, 1.807) is 6.07 Å². The minimum atomic E-state index is -1.29. The summed E-state index contributed by atoms with van der Waals surface area (Å²) in [6.07, 6.45) is 0. The van der Waals surface area contributed by atoms with Crippen LogP contribution in [0.5, 0.6) is 5.75 Å². The SMILES string of the molecule is CC(=O)N1C(=O)[C@]2(O[C@@]3(c4ccccc4)Oc4ccccc4[C@H]32)c2ccccc21. The van der Waals surface area contributed by atoms with Crippen molar-refractivity contribution in [2.24, 2.45) is 0 Å². The molecule has 3 heterocycles. The van der Waals surface area contributed by atoms with Gasteiger partial charge >= 0.3 is 0 Å². The molecule has 3 atom stereocenters. The Labute approximate surface area is 167 Å². The molecular formula is C24H17NO4. The molecule has 0 radical (unpaired) electrons. The Morgan fingerprint density at radius 1 is 0.931 bits per heavy atom. The van der Waals surface area contributed by atoms with Crippen LogP contribution in [0.4, 0.5) is 5.69 Å². The van der Waals surface area contributed by atoms with Gasteiger partial charge in [-0.1, -0.05) is 66.7 Å². The van der Waals surface area contributed by atoms with Crippen molar-refractivity contribution in [1.82, 2.24) is 0 Å². The van der Waals surface area contributed by atoms with Crippen molar-refractivity contribution in [2.45, 2.75) is 24.2 Å². The zero-order valence-corrected chi connectivity index (χ0v) is 15.7. The number of rotatable bonds is 1. The molecule has 1 fully saturated rings. The number of amides is 2. The van der Waals surface area contributed by atoms with E-state index in [0.29, 0.717) is 17.0 Å². The predicted molar refractivity (Wildman–Crippen MR) is 105 cm³/mol. The van der Waals surface area contributed by atoms with Crippen LogP contribution in [-0.4, -0.2) is 11.8 Å². The van der Waals surface area contributed by atoms with E-state index in [9.17, 15) is 9.59 Å². The predicted octanol–water partition coefficient (Wildman–Crippen LogP) is 3.83. The third-order valence-corrected chi connectivity index (χ3v) is 6.15. The number of nitrogens with zero attached hydrogens (tertiary/aromatic N) is 1. The largest absolute Gasteiger partial charge is 0.457 e. The van der Waals surface area contributed by atoms with Gasteiger partial charge in [0.05, 0.1) is 5.69 Å². The molecule has 1 saturated heterocycles. The molecule has 5 heteroatoms.